The van der Waals surface area contributed by atoms with Gasteiger partial charge in [-0.1, -0.05) is 0 Å². The number of hydrogen-bond acceptors (Lipinski definition) is 5. The molecule has 1 aliphatic rings. The first-order valence-corrected chi connectivity index (χ1v) is 8.24. The molecule has 3 heterocycles. The van der Waals surface area contributed by atoms with E-state index < -0.39 is 18.3 Å². The van der Waals surface area contributed by atoms with E-state index in [0.717, 1.165) is 16.4 Å². The third-order valence-corrected chi connectivity index (χ3v) is 4.96. The van der Waals surface area contributed by atoms with Gasteiger partial charge in [0, 0.05) is 31.2 Å². The molecule has 7 nitrogen and oxygen atoms in total. The van der Waals surface area contributed by atoms with E-state index in [1.807, 2.05) is 51.6 Å². The smallest absolute Gasteiger partial charge is 0.399 e. The molecule has 25 heavy (non-hydrogen) atoms. The van der Waals surface area contributed by atoms with E-state index in [2.05, 4.69) is 10.3 Å². The van der Waals surface area contributed by atoms with E-state index >= 15 is 0 Å². The predicted octanol–water partition coefficient (Wildman–Crippen LogP) is 1.46. The van der Waals surface area contributed by atoms with Crippen LogP contribution in [0.3, 0.4) is 0 Å². The number of fused-ring (bicyclic) bond motifs is 1. The lowest BCUT2D eigenvalue weighted by Crippen LogP contribution is -2.41. The summed E-state index contributed by atoms with van der Waals surface area (Å²) in [7, 11) is 2.95. The van der Waals surface area contributed by atoms with Gasteiger partial charge >= 0.3 is 7.12 Å². The Morgan fingerprint density at radius 2 is 1.96 bits per heavy atom. The molecule has 0 aliphatic carbocycles. The zero-order valence-electron chi connectivity index (χ0n) is 15.5. The van der Waals surface area contributed by atoms with E-state index in [-0.39, 0.29) is 12.5 Å². The SMILES string of the molecule is COCC(=O)Nc1cc2c(B3OC(C)(C)C(C)(C)O3)cn(C)c2cn1. The van der Waals surface area contributed by atoms with Crippen molar-refractivity contribution in [3.63, 3.8) is 0 Å². The first-order valence-electron chi connectivity index (χ1n) is 8.24. The third kappa shape index (κ3) is 3.17. The summed E-state index contributed by atoms with van der Waals surface area (Å²) in [6.45, 7) is 8.08. The quantitative estimate of drug-likeness (QED) is 0.850. The van der Waals surface area contributed by atoms with Gasteiger partial charge in [-0.15, -0.1) is 0 Å². The largest absolute Gasteiger partial charge is 0.497 e. The normalized spacial score (nSPS) is 18.7. The van der Waals surface area contributed by atoms with Gasteiger partial charge in [0.1, 0.15) is 12.4 Å². The van der Waals surface area contributed by atoms with Gasteiger partial charge in [-0.2, -0.15) is 0 Å². The Labute approximate surface area is 147 Å². The number of rotatable bonds is 4. The van der Waals surface area contributed by atoms with Gasteiger partial charge in [0.15, 0.2) is 0 Å². The zero-order valence-corrected chi connectivity index (χ0v) is 15.5. The topological polar surface area (TPSA) is 74.6 Å². The van der Waals surface area contributed by atoms with Crippen molar-refractivity contribution in [1.29, 1.82) is 0 Å². The fraction of sp³-hybridized carbons (Fsp3) is 0.529. The highest BCUT2D eigenvalue weighted by molar-refractivity contribution is 6.65. The minimum absolute atomic E-state index is 0.0153. The minimum Gasteiger partial charge on any atom is -0.399 e. The summed E-state index contributed by atoms with van der Waals surface area (Å²) in [5, 5.41) is 3.66. The lowest BCUT2D eigenvalue weighted by molar-refractivity contribution is -0.119. The number of aryl methyl sites for hydroxylation is 1. The van der Waals surface area contributed by atoms with Crippen LogP contribution < -0.4 is 10.8 Å². The molecule has 0 unspecified atom stereocenters. The van der Waals surface area contributed by atoms with Crippen LogP contribution in [-0.2, 0) is 25.9 Å². The second kappa shape index (κ2) is 6.12. The van der Waals surface area contributed by atoms with Crippen LogP contribution in [0.5, 0.6) is 0 Å². The Morgan fingerprint density at radius 1 is 1.32 bits per heavy atom. The molecular weight excluding hydrogens is 321 g/mol. The summed E-state index contributed by atoms with van der Waals surface area (Å²) in [6.07, 6.45) is 3.71. The first kappa shape index (κ1) is 17.9. The van der Waals surface area contributed by atoms with Crippen molar-refractivity contribution in [3.8, 4) is 0 Å². The molecule has 134 valence electrons. The fourth-order valence-electron chi connectivity index (χ4n) is 2.84. The number of methoxy groups -OCH3 is 1. The van der Waals surface area contributed by atoms with E-state index in [1.165, 1.54) is 7.11 Å². The number of carbonyl (C=O) groups excluding carboxylic acids is 1. The molecule has 8 heteroatoms. The van der Waals surface area contributed by atoms with Gasteiger partial charge < -0.3 is 23.9 Å². The van der Waals surface area contributed by atoms with E-state index in [4.69, 9.17) is 14.0 Å². The Kier molecular flexibility index (Phi) is 4.39. The summed E-state index contributed by atoms with van der Waals surface area (Å²) in [5.41, 5.74) is 1.03. The van der Waals surface area contributed by atoms with E-state index in [0.29, 0.717) is 5.82 Å². The number of ether oxygens (including phenoxy) is 1. The van der Waals surface area contributed by atoms with Gasteiger partial charge in [-0.05, 0) is 33.8 Å². The summed E-state index contributed by atoms with van der Waals surface area (Å²) < 4.78 is 19.1. The molecule has 2 aromatic heterocycles. The van der Waals surface area contributed by atoms with Crippen molar-refractivity contribution in [2.24, 2.45) is 7.05 Å². The molecule has 3 rings (SSSR count). The van der Waals surface area contributed by atoms with Gasteiger partial charge in [0.25, 0.3) is 5.91 Å². The number of amides is 1. The molecule has 2 aromatic rings. The number of pyridine rings is 1. The summed E-state index contributed by atoms with van der Waals surface area (Å²) in [5.74, 6) is 0.223. The van der Waals surface area contributed by atoms with Gasteiger partial charge in [0.2, 0.25) is 0 Å². The summed E-state index contributed by atoms with van der Waals surface area (Å²) in [4.78, 5) is 16.0. The number of anilines is 1. The lowest BCUT2D eigenvalue weighted by Gasteiger charge is -2.32. The maximum absolute atomic E-state index is 11.7. The zero-order chi connectivity index (χ0) is 18.4. The molecule has 0 radical (unpaired) electrons. The van der Waals surface area contributed by atoms with Crippen molar-refractivity contribution >= 4 is 35.2 Å². The average molecular weight is 345 g/mol. The van der Waals surface area contributed by atoms with Gasteiger partial charge in [-0.3, -0.25) is 4.79 Å². The average Bonchev–Trinajstić information content (AvgIpc) is 2.93. The number of carbonyl (C=O) groups is 1. The molecule has 0 aromatic carbocycles. The molecular formula is C17H24BN3O4. The van der Waals surface area contributed by atoms with Crippen molar-refractivity contribution < 1.29 is 18.8 Å². The Hall–Kier alpha value is -1.90. The lowest BCUT2D eigenvalue weighted by atomic mass is 9.79. The Morgan fingerprint density at radius 3 is 2.56 bits per heavy atom. The number of nitrogens with zero attached hydrogens (tertiary/aromatic N) is 2. The number of nitrogens with one attached hydrogen (secondary N) is 1. The summed E-state index contributed by atoms with van der Waals surface area (Å²) >= 11 is 0. The van der Waals surface area contributed by atoms with Crippen LogP contribution >= 0.6 is 0 Å². The second-order valence-corrected chi connectivity index (χ2v) is 7.35. The molecule has 0 atom stereocenters. The third-order valence-electron chi connectivity index (χ3n) is 4.96. The van der Waals surface area contributed by atoms with Gasteiger partial charge in [-0.25, -0.2) is 4.98 Å². The molecule has 1 amide bonds. The van der Waals surface area contributed by atoms with Crippen LogP contribution in [-0.4, -0.2) is 47.5 Å². The Balaban J connectivity index is 1.97. The molecule has 0 bridgehead atoms. The first-order chi connectivity index (χ1) is 11.6. The highest BCUT2D eigenvalue weighted by Gasteiger charge is 2.52. The van der Waals surface area contributed by atoms with E-state index in [1.54, 1.807) is 6.20 Å². The fourth-order valence-corrected chi connectivity index (χ4v) is 2.84. The standard InChI is InChI=1S/C17H24BN3O4/c1-16(2)17(3,4)25-18(24-16)12-9-21(5)13-8-19-14(7-11(12)13)20-15(22)10-23-6/h7-9H,10H2,1-6H3,(H,19,20,22). The Bertz CT molecular complexity index is 800. The van der Waals surface area contributed by atoms with Crippen LogP contribution in [0.4, 0.5) is 5.82 Å². The van der Waals surface area contributed by atoms with Crippen LogP contribution in [0.1, 0.15) is 27.7 Å². The second-order valence-electron chi connectivity index (χ2n) is 7.35. The van der Waals surface area contributed by atoms with Crippen molar-refractivity contribution in [2.75, 3.05) is 19.0 Å². The van der Waals surface area contributed by atoms with Crippen molar-refractivity contribution in [1.82, 2.24) is 9.55 Å². The van der Waals surface area contributed by atoms with Crippen LogP contribution in [0.2, 0.25) is 0 Å². The maximum Gasteiger partial charge on any atom is 0.497 e. The molecule has 0 spiro atoms. The number of hydrogen-bond donors (Lipinski definition) is 1. The highest BCUT2D eigenvalue weighted by atomic mass is 16.7. The van der Waals surface area contributed by atoms with E-state index in [9.17, 15) is 4.79 Å². The molecule has 1 fully saturated rings. The monoisotopic (exact) mass is 345 g/mol. The van der Waals surface area contributed by atoms with Crippen LogP contribution in [0, 0.1) is 0 Å². The number of aromatic nitrogens is 2. The predicted molar refractivity (Wildman–Crippen MR) is 96.9 cm³/mol. The molecule has 1 aliphatic heterocycles. The minimum atomic E-state index is -0.473. The molecule has 0 saturated carbocycles. The molecule has 1 N–H and O–H groups in total. The van der Waals surface area contributed by atoms with Crippen molar-refractivity contribution in [2.45, 2.75) is 38.9 Å². The summed E-state index contributed by atoms with van der Waals surface area (Å²) in [6, 6.07) is 1.84. The van der Waals surface area contributed by atoms with Crippen LogP contribution in [0.15, 0.2) is 18.5 Å². The highest BCUT2D eigenvalue weighted by Crippen LogP contribution is 2.37. The molecule has 1 saturated heterocycles. The van der Waals surface area contributed by atoms with Crippen LogP contribution in [0.25, 0.3) is 10.9 Å². The van der Waals surface area contributed by atoms with Gasteiger partial charge in [0.05, 0.1) is 22.9 Å². The van der Waals surface area contributed by atoms with Crippen molar-refractivity contribution in [3.05, 3.63) is 18.5 Å². The maximum atomic E-state index is 11.7.